The van der Waals surface area contributed by atoms with Gasteiger partial charge >= 0.3 is 0 Å². The number of carbonyl (C=O) groups excluding carboxylic acids is 1. The van der Waals surface area contributed by atoms with Gasteiger partial charge in [-0.25, -0.2) is 4.98 Å². The number of carbonyl (C=O) groups is 1. The highest BCUT2D eigenvalue weighted by Crippen LogP contribution is 2.14. The Kier molecular flexibility index (Phi) is 4.24. The van der Waals surface area contributed by atoms with Gasteiger partial charge in [-0.1, -0.05) is 0 Å². The van der Waals surface area contributed by atoms with Crippen molar-refractivity contribution in [2.75, 3.05) is 6.61 Å². The van der Waals surface area contributed by atoms with Crippen molar-refractivity contribution in [1.82, 2.24) is 9.55 Å². The van der Waals surface area contributed by atoms with Gasteiger partial charge in [0.1, 0.15) is 11.4 Å². The summed E-state index contributed by atoms with van der Waals surface area (Å²) < 4.78 is 7.35. The van der Waals surface area contributed by atoms with E-state index in [0.29, 0.717) is 19.4 Å². The molecule has 0 spiro atoms. The van der Waals surface area contributed by atoms with E-state index in [2.05, 4.69) is 4.98 Å². The second-order valence-electron chi connectivity index (χ2n) is 4.32. The first kappa shape index (κ1) is 12.9. The summed E-state index contributed by atoms with van der Waals surface area (Å²) in [5, 5.41) is 0. The Morgan fingerprint density at radius 1 is 1.56 bits per heavy atom. The highest BCUT2D eigenvalue weighted by molar-refractivity contribution is 5.86. The minimum absolute atomic E-state index is 0.123. The number of ketones is 1. The van der Waals surface area contributed by atoms with E-state index < -0.39 is 5.60 Å². The van der Waals surface area contributed by atoms with Gasteiger partial charge in [0.25, 0.3) is 0 Å². The van der Waals surface area contributed by atoms with Gasteiger partial charge in [-0.15, -0.1) is 0 Å². The summed E-state index contributed by atoms with van der Waals surface area (Å²) in [6.45, 7) is 6.09. The third-order valence-corrected chi connectivity index (χ3v) is 2.67. The Balaban J connectivity index is 2.50. The molecule has 0 aliphatic heterocycles. The standard InChI is InChI=1S/C12H20N2O2/c1-5-16-12(2,3)10(15)6-7-11-13-8-9-14(11)4/h8-9H,5-7H2,1-4H3. The van der Waals surface area contributed by atoms with Gasteiger partial charge in [0, 0.05) is 38.9 Å². The van der Waals surface area contributed by atoms with Crippen molar-refractivity contribution >= 4 is 5.78 Å². The van der Waals surface area contributed by atoms with Crippen LogP contribution >= 0.6 is 0 Å². The Hall–Kier alpha value is -1.16. The average Bonchev–Trinajstić information content (AvgIpc) is 2.60. The number of nitrogens with zero attached hydrogens (tertiary/aromatic N) is 2. The molecule has 0 bridgehead atoms. The molecule has 1 rings (SSSR count). The Morgan fingerprint density at radius 3 is 2.75 bits per heavy atom. The van der Waals surface area contributed by atoms with Crippen molar-refractivity contribution in [2.24, 2.45) is 7.05 Å². The van der Waals surface area contributed by atoms with E-state index >= 15 is 0 Å². The second kappa shape index (κ2) is 5.25. The van der Waals surface area contributed by atoms with Gasteiger partial charge in [0.2, 0.25) is 0 Å². The minimum atomic E-state index is -0.681. The Bertz CT molecular complexity index is 356. The third kappa shape index (κ3) is 3.17. The number of Topliss-reactive ketones (excluding diaryl/α,β-unsaturated/α-hetero) is 1. The van der Waals surface area contributed by atoms with Gasteiger partial charge in [0.05, 0.1) is 0 Å². The van der Waals surface area contributed by atoms with Gasteiger partial charge in [-0.05, 0) is 20.8 Å². The first-order chi connectivity index (χ1) is 7.47. The van der Waals surface area contributed by atoms with Crippen LogP contribution in [0.2, 0.25) is 0 Å². The molecule has 0 radical (unpaired) electrons. The van der Waals surface area contributed by atoms with Crippen LogP contribution < -0.4 is 0 Å². The van der Waals surface area contributed by atoms with Crippen molar-refractivity contribution in [3.05, 3.63) is 18.2 Å². The lowest BCUT2D eigenvalue weighted by Gasteiger charge is -2.22. The molecule has 1 heterocycles. The fourth-order valence-electron chi connectivity index (χ4n) is 1.61. The third-order valence-electron chi connectivity index (χ3n) is 2.67. The molecule has 0 saturated carbocycles. The van der Waals surface area contributed by atoms with E-state index in [1.54, 1.807) is 6.20 Å². The van der Waals surface area contributed by atoms with E-state index in [-0.39, 0.29) is 5.78 Å². The van der Waals surface area contributed by atoms with E-state index in [4.69, 9.17) is 4.74 Å². The number of aryl methyl sites for hydroxylation is 2. The maximum absolute atomic E-state index is 11.9. The summed E-state index contributed by atoms with van der Waals surface area (Å²) in [4.78, 5) is 16.1. The predicted molar refractivity (Wildman–Crippen MR) is 62.2 cm³/mol. The summed E-state index contributed by atoms with van der Waals surface area (Å²) in [6.07, 6.45) is 4.76. The number of aromatic nitrogens is 2. The van der Waals surface area contributed by atoms with Crippen LogP contribution in [0.4, 0.5) is 0 Å². The molecular weight excluding hydrogens is 204 g/mol. The lowest BCUT2D eigenvalue weighted by molar-refractivity contribution is -0.139. The van der Waals surface area contributed by atoms with Crippen molar-refractivity contribution in [3.8, 4) is 0 Å². The fourth-order valence-corrected chi connectivity index (χ4v) is 1.61. The number of rotatable bonds is 6. The van der Waals surface area contributed by atoms with E-state index in [0.717, 1.165) is 5.82 Å². The molecule has 0 fully saturated rings. The molecular formula is C12H20N2O2. The predicted octanol–water partition coefficient (Wildman–Crippen LogP) is 1.74. The molecule has 16 heavy (non-hydrogen) atoms. The van der Waals surface area contributed by atoms with Crippen LogP contribution in [0.15, 0.2) is 12.4 Å². The van der Waals surface area contributed by atoms with Crippen molar-refractivity contribution in [3.63, 3.8) is 0 Å². The summed E-state index contributed by atoms with van der Waals surface area (Å²) in [5.41, 5.74) is -0.681. The van der Waals surface area contributed by atoms with Gasteiger partial charge in [0.15, 0.2) is 5.78 Å². The monoisotopic (exact) mass is 224 g/mol. The van der Waals surface area contributed by atoms with Gasteiger partial charge < -0.3 is 9.30 Å². The molecule has 0 aliphatic rings. The smallest absolute Gasteiger partial charge is 0.164 e. The van der Waals surface area contributed by atoms with Crippen LogP contribution in [0.3, 0.4) is 0 Å². The maximum Gasteiger partial charge on any atom is 0.164 e. The molecule has 0 aliphatic carbocycles. The van der Waals surface area contributed by atoms with Gasteiger partial charge in [-0.3, -0.25) is 4.79 Å². The first-order valence-electron chi connectivity index (χ1n) is 5.61. The summed E-state index contributed by atoms with van der Waals surface area (Å²) in [7, 11) is 1.93. The molecule has 0 atom stereocenters. The van der Waals surface area contributed by atoms with Crippen molar-refractivity contribution < 1.29 is 9.53 Å². The zero-order valence-corrected chi connectivity index (χ0v) is 10.5. The molecule has 4 nitrogen and oxygen atoms in total. The Labute approximate surface area is 96.6 Å². The molecule has 0 aromatic carbocycles. The Morgan fingerprint density at radius 2 is 2.25 bits per heavy atom. The largest absolute Gasteiger partial charge is 0.368 e. The van der Waals surface area contributed by atoms with Crippen LogP contribution in [0.25, 0.3) is 0 Å². The highest BCUT2D eigenvalue weighted by Gasteiger charge is 2.27. The zero-order valence-electron chi connectivity index (χ0n) is 10.5. The van der Waals surface area contributed by atoms with E-state index in [9.17, 15) is 4.79 Å². The number of imidazole rings is 1. The fraction of sp³-hybridized carbons (Fsp3) is 0.667. The SMILES string of the molecule is CCOC(C)(C)C(=O)CCc1nccn1C. The molecule has 1 aromatic rings. The first-order valence-corrected chi connectivity index (χ1v) is 5.61. The average molecular weight is 224 g/mol. The van der Waals surface area contributed by atoms with Crippen LogP contribution in [-0.4, -0.2) is 27.5 Å². The lowest BCUT2D eigenvalue weighted by Crippen LogP contribution is -2.35. The van der Waals surface area contributed by atoms with Crippen LogP contribution in [0, 0.1) is 0 Å². The number of hydrogen-bond donors (Lipinski definition) is 0. The summed E-state index contributed by atoms with van der Waals surface area (Å²) in [6, 6.07) is 0. The molecule has 0 saturated heterocycles. The van der Waals surface area contributed by atoms with Crippen LogP contribution in [0.1, 0.15) is 33.0 Å². The number of ether oxygens (including phenoxy) is 1. The summed E-state index contributed by atoms with van der Waals surface area (Å²) >= 11 is 0. The van der Waals surface area contributed by atoms with Crippen molar-refractivity contribution in [2.45, 2.75) is 39.2 Å². The minimum Gasteiger partial charge on any atom is -0.368 e. The molecule has 0 unspecified atom stereocenters. The quantitative estimate of drug-likeness (QED) is 0.739. The maximum atomic E-state index is 11.9. The molecule has 0 amide bonds. The zero-order chi connectivity index (χ0) is 12.2. The highest BCUT2D eigenvalue weighted by atomic mass is 16.5. The van der Waals surface area contributed by atoms with Crippen LogP contribution in [0.5, 0.6) is 0 Å². The molecule has 90 valence electrons. The summed E-state index contributed by atoms with van der Waals surface area (Å²) in [5.74, 6) is 1.05. The van der Waals surface area contributed by atoms with E-state index in [1.165, 1.54) is 0 Å². The normalized spacial score (nSPS) is 11.8. The second-order valence-corrected chi connectivity index (χ2v) is 4.32. The molecule has 1 aromatic heterocycles. The van der Waals surface area contributed by atoms with E-state index in [1.807, 2.05) is 38.6 Å². The lowest BCUT2D eigenvalue weighted by atomic mass is 9.99. The molecule has 4 heteroatoms. The number of hydrogen-bond acceptors (Lipinski definition) is 3. The van der Waals surface area contributed by atoms with Gasteiger partial charge in [-0.2, -0.15) is 0 Å². The topological polar surface area (TPSA) is 44.1 Å². The van der Waals surface area contributed by atoms with Crippen molar-refractivity contribution in [1.29, 1.82) is 0 Å². The molecule has 0 N–H and O–H groups in total. The van der Waals surface area contributed by atoms with Crippen LogP contribution in [-0.2, 0) is 23.0 Å².